The summed E-state index contributed by atoms with van der Waals surface area (Å²) in [7, 11) is 1.28. The quantitative estimate of drug-likeness (QED) is 0.472. The number of carbonyl (C=O) groups is 1. The third kappa shape index (κ3) is 4.16. The molecule has 80 valence electrons. The normalized spacial score (nSPS) is 11.3. The maximum absolute atomic E-state index is 10.9. The predicted octanol–water partition coefficient (Wildman–Crippen LogP) is 3.69. The summed E-state index contributed by atoms with van der Waals surface area (Å²) in [5.74, 6) is -0.543. The van der Waals surface area contributed by atoms with Crippen LogP contribution in [0, 0.1) is 0 Å². The zero-order valence-corrected chi connectivity index (χ0v) is 10.2. The van der Waals surface area contributed by atoms with Gasteiger partial charge >= 0.3 is 5.97 Å². The Kier molecular flexibility index (Phi) is 5.02. The maximum atomic E-state index is 10.9. The van der Waals surface area contributed by atoms with Crippen molar-refractivity contribution in [2.24, 2.45) is 0 Å². The molecule has 1 aromatic carbocycles. The Bertz CT molecular complexity index is 374. The van der Waals surface area contributed by atoms with Gasteiger partial charge in [-0.1, -0.05) is 35.0 Å². The smallest absolute Gasteiger partial charge is 0.350 e. The van der Waals surface area contributed by atoms with Crippen molar-refractivity contribution < 1.29 is 9.53 Å². The average Bonchev–Trinajstić information content (AvgIpc) is 2.26. The molecule has 1 rings (SSSR count). The van der Waals surface area contributed by atoms with Crippen LogP contribution < -0.4 is 0 Å². The molecule has 0 heterocycles. The second kappa shape index (κ2) is 6.05. The van der Waals surface area contributed by atoms with Gasteiger partial charge < -0.3 is 4.74 Å². The zero-order chi connectivity index (χ0) is 11.3. The van der Waals surface area contributed by atoms with E-state index >= 15 is 0 Å². The topological polar surface area (TPSA) is 26.3 Å². The van der Waals surface area contributed by atoms with E-state index in [9.17, 15) is 4.79 Å². The fourth-order valence-electron chi connectivity index (χ4n) is 0.779. The summed E-state index contributed by atoms with van der Waals surface area (Å²) in [5.41, 5.74) is 0. The minimum absolute atomic E-state index is 0.0532. The molecule has 0 spiro atoms. The highest BCUT2D eigenvalue weighted by atomic mass is 35.5. The van der Waals surface area contributed by atoms with E-state index in [0.717, 1.165) is 4.90 Å². The number of thioether (sulfide) groups is 1. The largest absolute Gasteiger partial charge is 0.465 e. The average molecular weight is 263 g/mol. The molecule has 2 nitrogen and oxygen atoms in total. The van der Waals surface area contributed by atoms with E-state index in [2.05, 4.69) is 4.74 Å². The fraction of sp³-hybridized carbons (Fsp3) is 0.100. The minimum Gasteiger partial charge on any atom is -0.465 e. The first-order valence-electron chi connectivity index (χ1n) is 3.99. The van der Waals surface area contributed by atoms with Gasteiger partial charge in [-0.2, -0.15) is 0 Å². The molecule has 0 bridgehead atoms. The van der Waals surface area contributed by atoms with E-state index in [1.807, 2.05) is 12.1 Å². The van der Waals surface area contributed by atoms with E-state index in [0.29, 0.717) is 5.02 Å². The number of rotatable bonds is 3. The first-order chi connectivity index (χ1) is 7.13. The van der Waals surface area contributed by atoms with Gasteiger partial charge in [0.05, 0.1) is 7.11 Å². The van der Waals surface area contributed by atoms with Crippen LogP contribution in [0.15, 0.2) is 39.6 Å². The maximum Gasteiger partial charge on any atom is 0.350 e. The molecule has 0 aliphatic heterocycles. The second-order valence-corrected chi connectivity index (χ2v) is 4.32. The number of ether oxygens (including phenoxy) is 1. The molecule has 0 radical (unpaired) electrons. The highest BCUT2D eigenvalue weighted by Crippen LogP contribution is 2.23. The number of esters is 1. The van der Waals surface area contributed by atoms with Gasteiger partial charge in [0, 0.05) is 15.3 Å². The van der Waals surface area contributed by atoms with Crippen molar-refractivity contribution >= 4 is 40.9 Å². The molecule has 1 aromatic rings. The van der Waals surface area contributed by atoms with Crippen molar-refractivity contribution in [3.8, 4) is 0 Å². The lowest BCUT2D eigenvalue weighted by atomic mass is 10.4. The van der Waals surface area contributed by atoms with E-state index in [-0.39, 0.29) is 5.03 Å². The lowest BCUT2D eigenvalue weighted by molar-refractivity contribution is -0.135. The molecule has 0 unspecified atom stereocenters. The number of hydrogen-bond donors (Lipinski definition) is 0. The van der Waals surface area contributed by atoms with Crippen molar-refractivity contribution in [1.82, 2.24) is 0 Å². The van der Waals surface area contributed by atoms with Gasteiger partial charge in [0.2, 0.25) is 0 Å². The summed E-state index contributed by atoms with van der Waals surface area (Å²) in [6.45, 7) is 0. The molecule has 0 fully saturated rings. The lowest BCUT2D eigenvalue weighted by Gasteiger charge is -1.98. The highest BCUT2D eigenvalue weighted by Gasteiger charge is 2.05. The van der Waals surface area contributed by atoms with Gasteiger partial charge in [0.15, 0.2) is 0 Å². The molecular weight excluding hydrogens is 255 g/mol. The Morgan fingerprint density at radius 3 is 2.53 bits per heavy atom. The van der Waals surface area contributed by atoms with Crippen LogP contribution in [0.3, 0.4) is 0 Å². The van der Waals surface area contributed by atoms with E-state index < -0.39 is 5.97 Å². The Hall–Kier alpha value is -0.640. The fourth-order valence-corrected chi connectivity index (χ4v) is 1.74. The van der Waals surface area contributed by atoms with Crippen LogP contribution in [0.2, 0.25) is 5.02 Å². The van der Waals surface area contributed by atoms with Crippen LogP contribution in [0.25, 0.3) is 0 Å². The number of benzene rings is 1. The summed E-state index contributed by atoms with van der Waals surface area (Å²) in [6.07, 6.45) is 0. The van der Waals surface area contributed by atoms with Crippen molar-refractivity contribution in [3.05, 3.63) is 39.7 Å². The van der Waals surface area contributed by atoms with Crippen molar-refractivity contribution in [2.45, 2.75) is 4.90 Å². The Morgan fingerprint density at radius 1 is 1.40 bits per heavy atom. The van der Waals surface area contributed by atoms with Crippen LogP contribution >= 0.6 is 35.0 Å². The number of halogens is 2. The van der Waals surface area contributed by atoms with Crippen LogP contribution in [-0.2, 0) is 9.53 Å². The molecular formula is C10H8Cl2O2S. The van der Waals surface area contributed by atoms with Crippen molar-refractivity contribution in [1.29, 1.82) is 0 Å². The highest BCUT2D eigenvalue weighted by molar-refractivity contribution is 8.02. The number of methoxy groups -OCH3 is 1. The molecule has 0 saturated heterocycles. The van der Waals surface area contributed by atoms with E-state index in [1.54, 1.807) is 12.1 Å². The molecule has 15 heavy (non-hydrogen) atoms. The molecule has 0 aliphatic carbocycles. The molecule has 0 saturated carbocycles. The van der Waals surface area contributed by atoms with Crippen molar-refractivity contribution in [3.63, 3.8) is 0 Å². The van der Waals surface area contributed by atoms with E-state index in [4.69, 9.17) is 23.2 Å². The Morgan fingerprint density at radius 2 is 2.00 bits per heavy atom. The van der Waals surface area contributed by atoms with Gasteiger partial charge in [-0.05, 0) is 24.3 Å². The standard InChI is InChI=1S/C10H8Cl2O2S/c1-14-10(13)9(12)6-15-8-4-2-7(11)3-5-8/h2-6H,1H3/b9-6-. The van der Waals surface area contributed by atoms with Gasteiger partial charge in [-0.3, -0.25) is 0 Å². The second-order valence-electron chi connectivity index (χ2n) is 2.53. The molecule has 0 N–H and O–H groups in total. The molecule has 0 aliphatic rings. The summed E-state index contributed by atoms with van der Waals surface area (Å²) in [4.78, 5) is 11.9. The summed E-state index contributed by atoms with van der Waals surface area (Å²) >= 11 is 12.7. The van der Waals surface area contributed by atoms with E-state index in [1.165, 1.54) is 24.3 Å². The van der Waals surface area contributed by atoms with Gasteiger partial charge in [-0.15, -0.1) is 0 Å². The zero-order valence-electron chi connectivity index (χ0n) is 7.87. The Labute approximate surface area is 102 Å². The van der Waals surface area contributed by atoms with Crippen LogP contribution in [0.5, 0.6) is 0 Å². The number of carbonyl (C=O) groups excluding carboxylic acids is 1. The third-order valence-corrected chi connectivity index (χ3v) is 3.04. The van der Waals surface area contributed by atoms with Gasteiger partial charge in [0.25, 0.3) is 0 Å². The summed E-state index contributed by atoms with van der Waals surface area (Å²) < 4.78 is 4.45. The lowest BCUT2D eigenvalue weighted by Crippen LogP contribution is -1.98. The molecule has 0 aromatic heterocycles. The summed E-state index contributed by atoms with van der Waals surface area (Å²) in [5, 5.41) is 2.25. The van der Waals surface area contributed by atoms with Crippen LogP contribution in [-0.4, -0.2) is 13.1 Å². The monoisotopic (exact) mass is 262 g/mol. The van der Waals surface area contributed by atoms with Gasteiger partial charge in [-0.25, -0.2) is 4.79 Å². The van der Waals surface area contributed by atoms with Gasteiger partial charge in [0.1, 0.15) is 5.03 Å². The summed E-state index contributed by atoms with van der Waals surface area (Å²) in [6, 6.07) is 7.21. The molecule has 5 heteroatoms. The first kappa shape index (κ1) is 12.4. The molecule has 0 atom stereocenters. The first-order valence-corrected chi connectivity index (χ1v) is 5.63. The Balaban J connectivity index is 2.63. The predicted molar refractivity (Wildman–Crippen MR) is 63.3 cm³/mol. The van der Waals surface area contributed by atoms with Crippen LogP contribution in [0.1, 0.15) is 0 Å². The van der Waals surface area contributed by atoms with Crippen molar-refractivity contribution in [2.75, 3.05) is 7.11 Å². The van der Waals surface area contributed by atoms with Crippen LogP contribution in [0.4, 0.5) is 0 Å². The molecule has 0 amide bonds. The number of hydrogen-bond acceptors (Lipinski definition) is 3. The SMILES string of the molecule is COC(=O)/C(Cl)=C/Sc1ccc(Cl)cc1. The third-order valence-electron chi connectivity index (χ3n) is 1.49. The minimum atomic E-state index is -0.543.